The van der Waals surface area contributed by atoms with Gasteiger partial charge in [0.25, 0.3) is 0 Å². The maximum atomic E-state index is 11.5. The molecule has 0 bridgehead atoms. The summed E-state index contributed by atoms with van der Waals surface area (Å²) >= 11 is 2.16. The summed E-state index contributed by atoms with van der Waals surface area (Å²) in [6, 6.07) is 19.0. The number of ketones is 1. The maximum Gasteiger partial charge on any atom is 0.186 e. The van der Waals surface area contributed by atoms with Gasteiger partial charge in [0.1, 0.15) is 0 Å². The van der Waals surface area contributed by atoms with Crippen LogP contribution in [0.2, 0.25) is 0 Å². The van der Waals surface area contributed by atoms with E-state index in [1.165, 1.54) is 6.92 Å². The first kappa shape index (κ1) is 17.5. The van der Waals surface area contributed by atoms with E-state index in [1.54, 1.807) is 24.3 Å². The molecule has 0 saturated carbocycles. The molecule has 0 saturated heterocycles. The number of carbonyl (C=O) groups is 2. The first-order valence-electron chi connectivity index (χ1n) is 6.27. The molecule has 0 fully saturated rings. The number of benzene rings is 2. The van der Waals surface area contributed by atoms with Crippen LogP contribution in [0.3, 0.4) is 0 Å². The van der Waals surface area contributed by atoms with E-state index < -0.39 is 0 Å². The van der Waals surface area contributed by atoms with Gasteiger partial charge in [0.15, 0.2) is 10.9 Å². The van der Waals surface area contributed by atoms with Crippen LogP contribution in [0, 0.1) is 0 Å². The summed E-state index contributed by atoms with van der Waals surface area (Å²) in [5.41, 5.74) is 0.613. The zero-order valence-corrected chi connectivity index (χ0v) is 13.3. The Morgan fingerprint density at radius 2 is 1.43 bits per heavy atom. The van der Waals surface area contributed by atoms with E-state index in [2.05, 4.69) is 0 Å². The first-order chi connectivity index (χ1) is 10.1. The van der Waals surface area contributed by atoms with Crippen LogP contribution in [0.15, 0.2) is 65.6 Å². The number of rotatable bonds is 4. The van der Waals surface area contributed by atoms with Crippen LogP contribution in [0.1, 0.15) is 17.3 Å². The van der Waals surface area contributed by atoms with Crippen LogP contribution in [-0.4, -0.2) is 16.7 Å². The summed E-state index contributed by atoms with van der Waals surface area (Å²) in [5.74, 6) is 0.161. The van der Waals surface area contributed by atoms with Crippen molar-refractivity contribution in [3.05, 3.63) is 66.2 Å². The molecule has 5 heteroatoms. The quantitative estimate of drug-likeness (QED) is 0.686. The Balaban J connectivity index is 0.000000304. The van der Waals surface area contributed by atoms with E-state index in [-0.39, 0.29) is 16.7 Å². The molecule has 0 aliphatic carbocycles. The fourth-order valence-electron chi connectivity index (χ4n) is 1.35. The largest absolute Gasteiger partial charge is 0.293 e. The van der Waals surface area contributed by atoms with Gasteiger partial charge in [-0.3, -0.25) is 14.7 Å². The molecule has 3 nitrogen and oxygen atoms in total. The second-order valence-electron chi connectivity index (χ2n) is 4.00. The van der Waals surface area contributed by atoms with Crippen LogP contribution in [-0.2, 0) is 4.79 Å². The number of carbonyl (C=O) groups excluding carboxylic acids is 2. The Morgan fingerprint density at radius 3 is 1.81 bits per heavy atom. The minimum Gasteiger partial charge on any atom is -0.293 e. The molecule has 21 heavy (non-hydrogen) atoms. The Kier molecular flexibility index (Phi) is 8.50. The van der Waals surface area contributed by atoms with Gasteiger partial charge in [-0.25, -0.2) is 0 Å². The number of nitrogens with two attached hydrogens (primary N) is 1. The second-order valence-corrected chi connectivity index (χ2v) is 5.86. The summed E-state index contributed by atoms with van der Waals surface area (Å²) in [7, 11) is 0. The summed E-state index contributed by atoms with van der Waals surface area (Å²) in [6.45, 7) is 1.45. The molecule has 110 valence electrons. The summed E-state index contributed by atoms with van der Waals surface area (Å²) in [6.07, 6.45) is 0. The zero-order chi connectivity index (χ0) is 15.5. The van der Waals surface area contributed by atoms with Crippen LogP contribution >= 0.6 is 23.7 Å². The molecule has 2 aromatic carbocycles. The van der Waals surface area contributed by atoms with Crippen LogP contribution in [0.4, 0.5) is 0 Å². The second kappa shape index (κ2) is 10.2. The highest BCUT2D eigenvalue weighted by molar-refractivity contribution is 8.14. The highest BCUT2D eigenvalue weighted by Crippen LogP contribution is 2.14. The van der Waals surface area contributed by atoms with Gasteiger partial charge in [0.2, 0.25) is 0 Å². The standard InChI is InChI=1S/C10H11NO2S2.C6H6/c1-7(12)14-6-10(13)8-2-4-9(15-11)5-3-8;1-2-4-6-5-3-1/h2-5H,6,11H2,1H3;1-6H. The van der Waals surface area contributed by atoms with E-state index >= 15 is 0 Å². The van der Waals surface area contributed by atoms with Gasteiger partial charge in [0.05, 0.1) is 5.75 Å². The molecule has 2 rings (SSSR count). The molecule has 0 radical (unpaired) electrons. The van der Waals surface area contributed by atoms with Crippen LogP contribution in [0.5, 0.6) is 0 Å². The van der Waals surface area contributed by atoms with Crippen molar-refractivity contribution >= 4 is 34.6 Å². The molecule has 0 unspecified atom stereocenters. The van der Waals surface area contributed by atoms with Crippen molar-refractivity contribution in [3.8, 4) is 0 Å². The Bertz CT molecular complexity index is 530. The highest BCUT2D eigenvalue weighted by atomic mass is 32.2. The fourth-order valence-corrected chi connectivity index (χ4v) is 2.15. The molecule has 0 aromatic heterocycles. The van der Waals surface area contributed by atoms with Gasteiger partial charge in [-0.1, -0.05) is 60.3 Å². The van der Waals surface area contributed by atoms with E-state index in [0.717, 1.165) is 28.6 Å². The topological polar surface area (TPSA) is 60.2 Å². The van der Waals surface area contributed by atoms with Gasteiger partial charge in [-0.05, 0) is 24.1 Å². The van der Waals surface area contributed by atoms with E-state index in [0.29, 0.717) is 5.56 Å². The molecule has 0 heterocycles. The summed E-state index contributed by atoms with van der Waals surface area (Å²) in [4.78, 5) is 23.1. The van der Waals surface area contributed by atoms with Crippen LogP contribution < -0.4 is 5.14 Å². The van der Waals surface area contributed by atoms with Crippen molar-refractivity contribution in [1.82, 2.24) is 0 Å². The molecule has 2 N–H and O–H groups in total. The lowest BCUT2D eigenvalue weighted by Gasteiger charge is -2.00. The van der Waals surface area contributed by atoms with E-state index in [1.807, 2.05) is 36.4 Å². The molecule has 2 aromatic rings. The lowest BCUT2D eigenvalue weighted by Crippen LogP contribution is -2.03. The Morgan fingerprint density at radius 1 is 0.952 bits per heavy atom. The number of Topliss-reactive ketones (excluding diaryl/α,β-unsaturated/α-hetero) is 1. The predicted molar refractivity (Wildman–Crippen MR) is 90.4 cm³/mol. The Labute approximate surface area is 133 Å². The lowest BCUT2D eigenvalue weighted by molar-refractivity contribution is -0.109. The molecule has 0 aliphatic heterocycles. The van der Waals surface area contributed by atoms with Crippen molar-refractivity contribution in [2.75, 3.05) is 5.75 Å². The van der Waals surface area contributed by atoms with Gasteiger partial charge >= 0.3 is 0 Å². The highest BCUT2D eigenvalue weighted by Gasteiger charge is 2.07. The number of hydrogen-bond acceptors (Lipinski definition) is 5. The minimum absolute atomic E-state index is 0.0382. The lowest BCUT2D eigenvalue weighted by atomic mass is 10.1. The maximum absolute atomic E-state index is 11.5. The SMILES string of the molecule is CC(=O)SCC(=O)c1ccc(SN)cc1.c1ccccc1. The monoisotopic (exact) mass is 319 g/mol. The molecule has 0 aliphatic rings. The van der Waals surface area contributed by atoms with Gasteiger partial charge in [-0.2, -0.15) is 0 Å². The first-order valence-corrected chi connectivity index (χ1v) is 8.13. The van der Waals surface area contributed by atoms with Crippen molar-refractivity contribution < 1.29 is 9.59 Å². The molecule has 0 spiro atoms. The molecular formula is C16H17NO2S2. The zero-order valence-electron chi connectivity index (χ0n) is 11.7. The fraction of sp³-hybridized carbons (Fsp3) is 0.125. The minimum atomic E-state index is -0.0440. The van der Waals surface area contributed by atoms with Crippen LogP contribution in [0.25, 0.3) is 0 Å². The smallest absolute Gasteiger partial charge is 0.186 e. The number of hydrogen-bond donors (Lipinski definition) is 1. The third-order valence-corrected chi connectivity index (χ3v) is 3.74. The van der Waals surface area contributed by atoms with E-state index in [9.17, 15) is 9.59 Å². The third-order valence-electron chi connectivity index (χ3n) is 2.39. The van der Waals surface area contributed by atoms with Crippen molar-refractivity contribution in [2.45, 2.75) is 11.8 Å². The number of thioether (sulfide) groups is 1. The summed E-state index contributed by atoms with van der Waals surface area (Å²) < 4.78 is 0. The molecule has 0 amide bonds. The van der Waals surface area contributed by atoms with Gasteiger partial charge in [-0.15, -0.1) is 0 Å². The average Bonchev–Trinajstić information content (AvgIpc) is 2.55. The van der Waals surface area contributed by atoms with Gasteiger partial charge < -0.3 is 0 Å². The molecular weight excluding hydrogens is 302 g/mol. The average molecular weight is 319 g/mol. The van der Waals surface area contributed by atoms with Crippen molar-refractivity contribution in [1.29, 1.82) is 0 Å². The molecule has 0 atom stereocenters. The predicted octanol–water partition coefficient (Wildman–Crippen LogP) is 3.80. The third kappa shape index (κ3) is 7.70. The van der Waals surface area contributed by atoms with E-state index in [4.69, 9.17) is 5.14 Å². The van der Waals surface area contributed by atoms with Gasteiger partial charge in [0, 0.05) is 17.4 Å². The summed E-state index contributed by atoms with van der Waals surface area (Å²) in [5, 5.41) is 5.31. The Hall–Kier alpha value is -1.56. The van der Waals surface area contributed by atoms with Crippen molar-refractivity contribution in [3.63, 3.8) is 0 Å². The van der Waals surface area contributed by atoms with Crippen molar-refractivity contribution in [2.24, 2.45) is 5.14 Å². The normalized spacial score (nSPS) is 9.43.